The van der Waals surface area contributed by atoms with Gasteiger partial charge in [0.25, 0.3) is 5.91 Å². The number of nitriles is 1. The molecule has 0 aliphatic rings. The molecule has 0 fully saturated rings. The number of carbonyl (C=O) groups excluding carboxylic acids is 1. The van der Waals surface area contributed by atoms with E-state index >= 15 is 0 Å². The van der Waals surface area contributed by atoms with E-state index in [9.17, 15) is 4.79 Å². The summed E-state index contributed by atoms with van der Waals surface area (Å²) in [6.45, 7) is 4.02. The number of carbonyl (C=O) groups is 1. The minimum atomic E-state index is -0.250. The maximum atomic E-state index is 12.0. The molecule has 1 aromatic carbocycles. The third-order valence-corrected chi connectivity index (χ3v) is 2.64. The minimum Gasteiger partial charge on any atom is -0.319 e. The van der Waals surface area contributed by atoms with Crippen LogP contribution in [0.4, 0.5) is 5.69 Å². The van der Waals surface area contributed by atoms with Crippen molar-refractivity contribution in [3.05, 3.63) is 47.8 Å². The van der Waals surface area contributed by atoms with Crippen LogP contribution in [-0.4, -0.2) is 15.7 Å². The zero-order valence-corrected chi connectivity index (χ0v) is 10.8. The second kappa shape index (κ2) is 5.36. The highest BCUT2D eigenvalue weighted by Crippen LogP contribution is 2.12. The number of nitrogens with zero attached hydrogens (tertiary/aromatic N) is 3. The number of rotatable bonds is 3. The Labute approximate surface area is 111 Å². The molecule has 0 unspecified atom stereocenters. The van der Waals surface area contributed by atoms with Gasteiger partial charge >= 0.3 is 0 Å². The zero-order chi connectivity index (χ0) is 13.8. The zero-order valence-electron chi connectivity index (χ0n) is 10.8. The van der Waals surface area contributed by atoms with Gasteiger partial charge in [0.1, 0.15) is 0 Å². The highest BCUT2D eigenvalue weighted by atomic mass is 16.1. The van der Waals surface area contributed by atoms with Crippen molar-refractivity contribution in [3.63, 3.8) is 0 Å². The van der Waals surface area contributed by atoms with Gasteiger partial charge in [-0.25, -0.2) is 0 Å². The second-order valence-corrected chi connectivity index (χ2v) is 4.45. The molecule has 5 heteroatoms. The summed E-state index contributed by atoms with van der Waals surface area (Å²) in [5.41, 5.74) is 1.56. The van der Waals surface area contributed by atoms with Gasteiger partial charge in [-0.15, -0.1) is 0 Å². The van der Waals surface area contributed by atoms with E-state index in [4.69, 9.17) is 5.26 Å². The summed E-state index contributed by atoms with van der Waals surface area (Å²) in [7, 11) is 0. The molecule has 2 aromatic rings. The van der Waals surface area contributed by atoms with Crippen LogP contribution in [0.5, 0.6) is 0 Å². The van der Waals surface area contributed by atoms with Gasteiger partial charge in [0.2, 0.25) is 0 Å². The number of benzene rings is 1. The molecule has 0 saturated heterocycles. The fourth-order valence-electron chi connectivity index (χ4n) is 1.62. The van der Waals surface area contributed by atoms with Crippen LogP contribution in [0.2, 0.25) is 0 Å². The SMILES string of the molecule is CC(C)n1cc(NC(=O)c2cccc(C#N)c2)cn1. The highest BCUT2D eigenvalue weighted by Gasteiger charge is 2.08. The van der Waals surface area contributed by atoms with Crippen molar-refractivity contribution in [2.75, 3.05) is 5.32 Å². The van der Waals surface area contributed by atoms with Gasteiger partial charge in [-0.05, 0) is 32.0 Å². The van der Waals surface area contributed by atoms with Crippen molar-refractivity contribution < 1.29 is 4.79 Å². The van der Waals surface area contributed by atoms with E-state index in [1.165, 1.54) is 0 Å². The van der Waals surface area contributed by atoms with Crippen LogP contribution in [-0.2, 0) is 0 Å². The van der Waals surface area contributed by atoms with Crippen LogP contribution < -0.4 is 5.32 Å². The Morgan fingerprint density at radius 2 is 2.26 bits per heavy atom. The predicted octanol–water partition coefficient (Wildman–Crippen LogP) is 2.59. The summed E-state index contributed by atoms with van der Waals surface area (Å²) >= 11 is 0. The number of hydrogen-bond acceptors (Lipinski definition) is 3. The van der Waals surface area contributed by atoms with Crippen LogP contribution in [0.1, 0.15) is 35.8 Å². The Balaban J connectivity index is 2.14. The normalized spacial score (nSPS) is 10.2. The van der Waals surface area contributed by atoms with Gasteiger partial charge in [0, 0.05) is 17.8 Å². The Bertz CT molecular complexity index is 637. The Hall–Kier alpha value is -2.61. The molecule has 0 bridgehead atoms. The molecule has 0 aliphatic carbocycles. The topological polar surface area (TPSA) is 70.7 Å². The average Bonchev–Trinajstić information content (AvgIpc) is 2.87. The molecule has 0 atom stereocenters. The van der Waals surface area contributed by atoms with Crippen LogP contribution in [0, 0.1) is 11.3 Å². The quantitative estimate of drug-likeness (QED) is 0.915. The summed E-state index contributed by atoms with van der Waals surface area (Å²) in [6, 6.07) is 8.83. The third-order valence-electron chi connectivity index (χ3n) is 2.64. The van der Waals surface area contributed by atoms with E-state index in [1.807, 2.05) is 19.9 Å². The maximum Gasteiger partial charge on any atom is 0.255 e. The lowest BCUT2D eigenvalue weighted by molar-refractivity contribution is 0.102. The van der Waals surface area contributed by atoms with Gasteiger partial charge in [0.15, 0.2) is 0 Å². The van der Waals surface area contributed by atoms with Crippen molar-refractivity contribution in [3.8, 4) is 6.07 Å². The van der Waals surface area contributed by atoms with E-state index in [1.54, 1.807) is 41.3 Å². The van der Waals surface area contributed by atoms with E-state index < -0.39 is 0 Å². The molecule has 1 aromatic heterocycles. The molecule has 1 amide bonds. The van der Waals surface area contributed by atoms with Crippen LogP contribution >= 0.6 is 0 Å². The van der Waals surface area contributed by atoms with Crippen molar-refractivity contribution in [1.82, 2.24) is 9.78 Å². The Kier molecular flexibility index (Phi) is 3.62. The standard InChI is InChI=1S/C14H14N4O/c1-10(2)18-9-13(8-16-18)17-14(19)12-5-3-4-11(6-12)7-15/h3-6,8-10H,1-2H3,(H,17,19). The van der Waals surface area contributed by atoms with Crippen molar-refractivity contribution in [2.45, 2.75) is 19.9 Å². The highest BCUT2D eigenvalue weighted by molar-refractivity contribution is 6.04. The van der Waals surface area contributed by atoms with E-state index in [0.29, 0.717) is 16.8 Å². The number of anilines is 1. The molecule has 96 valence electrons. The molecule has 0 radical (unpaired) electrons. The molecule has 5 nitrogen and oxygen atoms in total. The smallest absolute Gasteiger partial charge is 0.255 e. The lowest BCUT2D eigenvalue weighted by Gasteiger charge is -2.04. The summed E-state index contributed by atoms with van der Waals surface area (Å²) in [5.74, 6) is -0.250. The first-order valence-electron chi connectivity index (χ1n) is 5.96. The number of hydrogen-bond donors (Lipinski definition) is 1. The number of nitrogens with one attached hydrogen (secondary N) is 1. The van der Waals surface area contributed by atoms with E-state index in [0.717, 1.165) is 0 Å². The first-order valence-corrected chi connectivity index (χ1v) is 5.96. The van der Waals surface area contributed by atoms with Crippen LogP contribution in [0.25, 0.3) is 0 Å². The first-order chi connectivity index (χ1) is 9.10. The van der Waals surface area contributed by atoms with E-state index in [2.05, 4.69) is 10.4 Å². The fraction of sp³-hybridized carbons (Fsp3) is 0.214. The molecule has 0 spiro atoms. The molecule has 2 rings (SSSR count). The molecular formula is C14H14N4O. The lowest BCUT2D eigenvalue weighted by atomic mass is 10.1. The molecule has 0 saturated carbocycles. The average molecular weight is 254 g/mol. The molecule has 1 heterocycles. The molecular weight excluding hydrogens is 240 g/mol. The Morgan fingerprint density at radius 1 is 1.47 bits per heavy atom. The number of amides is 1. The van der Waals surface area contributed by atoms with Crippen molar-refractivity contribution in [1.29, 1.82) is 5.26 Å². The predicted molar refractivity (Wildman–Crippen MR) is 71.7 cm³/mol. The summed E-state index contributed by atoms with van der Waals surface area (Å²) in [4.78, 5) is 12.0. The first kappa shape index (κ1) is 12.8. The second-order valence-electron chi connectivity index (χ2n) is 4.45. The van der Waals surface area contributed by atoms with Crippen molar-refractivity contribution >= 4 is 11.6 Å². The van der Waals surface area contributed by atoms with Gasteiger partial charge in [-0.2, -0.15) is 10.4 Å². The summed E-state index contributed by atoms with van der Waals surface area (Å²) < 4.78 is 1.77. The number of aromatic nitrogens is 2. The Morgan fingerprint density at radius 3 is 2.89 bits per heavy atom. The fourth-order valence-corrected chi connectivity index (χ4v) is 1.62. The van der Waals surface area contributed by atoms with Gasteiger partial charge in [-0.3, -0.25) is 9.48 Å². The maximum absolute atomic E-state index is 12.0. The van der Waals surface area contributed by atoms with Crippen LogP contribution in [0.15, 0.2) is 36.7 Å². The molecule has 0 aliphatic heterocycles. The minimum absolute atomic E-state index is 0.243. The molecule has 1 N–H and O–H groups in total. The van der Waals surface area contributed by atoms with Crippen molar-refractivity contribution in [2.24, 2.45) is 0 Å². The molecule has 19 heavy (non-hydrogen) atoms. The summed E-state index contributed by atoms with van der Waals surface area (Å²) in [5, 5.41) is 15.7. The summed E-state index contributed by atoms with van der Waals surface area (Å²) in [6.07, 6.45) is 3.38. The van der Waals surface area contributed by atoms with Crippen LogP contribution in [0.3, 0.4) is 0 Å². The monoisotopic (exact) mass is 254 g/mol. The van der Waals surface area contributed by atoms with E-state index in [-0.39, 0.29) is 11.9 Å². The van der Waals surface area contributed by atoms with Gasteiger partial charge in [-0.1, -0.05) is 6.07 Å². The van der Waals surface area contributed by atoms with Gasteiger partial charge in [0.05, 0.1) is 23.5 Å². The largest absolute Gasteiger partial charge is 0.319 e. The van der Waals surface area contributed by atoms with Gasteiger partial charge < -0.3 is 5.32 Å². The lowest BCUT2D eigenvalue weighted by Crippen LogP contribution is -2.11. The third kappa shape index (κ3) is 2.99.